The highest BCUT2D eigenvalue weighted by Gasteiger charge is 2.26. The SMILES string of the molecule is CC(C)c1nc(C2CCCO2)sc1-c1n[nH]c(=S)o1. The zero-order valence-corrected chi connectivity index (χ0v) is 12.4. The minimum atomic E-state index is 0.123. The van der Waals surface area contributed by atoms with Gasteiger partial charge in [-0.15, -0.1) is 16.4 Å². The Hall–Kier alpha value is -1.05. The number of nitrogens with zero attached hydrogens (tertiary/aromatic N) is 2. The monoisotopic (exact) mass is 297 g/mol. The lowest BCUT2D eigenvalue weighted by Crippen LogP contribution is -1.96. The minimum absolute atomic E-state index is 0.123. The van der Waals surface area contributed by atoms with Crippen molar-refractivity contribution in [1.29, 1.82) is 0 Å². The van der Waals surface area contributed by atoms with Crippen molar-refractivity contribution in [1.82, 2.24) is 15.2 Å². The fourth-order valence-corrected chi connectivity index (χ4v) is 3.49. The van der Waals surface area contributed by atoms with Crippen molar-refractivity contribution in [3.05, 3.63) is 15.5 Å². The van der Waals surface area contributed by atoms with E-state index in [4.69, 9.17) is 26.4 Å². The van der Waals surface area contributed by atoms with E-state index in [9.17, 15) is 0 Å². The van der Waals surface area contributed by atoms with Gasteiger partial charge >= 0.3 is 0 Å². The molecular weight excluding hydrogens is 282 g/mol. The summed E-state index contributed by atoms with van der Waals surface area (Å²) in [6.45, 7) is 5.04. The van der Waals surface area contributed by atoms with Crippen LogP contribution in [0.1, 0.15) is 49.4 Å². The van der Waals surface area contributed by atoms with Gasteiger partial charge in [0.15, 0.2) is 0 Å². The molecule has 1 N–H and O–H groups in total. The van der Waals surface area contributed by atoms with Crippen LogP contribution in [0, 0.1) is 4.84 Å². The van der Waals surface area contributed by atoms with Crippen LogP contribution in [0.3, 0.4) is 0 Å². The van der Waals surface area contributed by atoms with Crippen molar-refractivity contribution in [3.8, 4) is 10.8 Å². The Labute approximate surface area is 120 Å². The predicted octanol–water partition coefficient (Wildman–Crippen LogP) is 3.83. The van der Waals surface area contributed by atoms with Crippen molar-refractivity contribution in [2.75, 3.05) is 6.61 Å². The van der Waals surface area contributed by atoms with Gasteiger partial charge in [-0.3, -0.25) is 0 Å². The number of aromatic nitrogens is 3. The molecule has 3 rings (SSSR count). The van der Waals surface area contributed by atoms with Crippen LogP contribution in [0.4, 0.5) is 0 Å². The summed E-state index contributed by atoms with van der Waals surface area (Å²) in [5.41, 5.74) is 1.00. The van der Waals surface area contributed by atoms with Crippen molar-refractivity contribution in [3.63, 3.8) is 0 Å². The molecule has 0 radical (unpaired) electrons. The molecule has 2 aromatic rings. The molecule has 102 valence electrons. The van der Waals surface area contributed by atoms with Crippen LogP contribution in [0.25, 0.3) is 10.8 Å². The first-order valence-corrected chi connectivity index (χ1v) is 7.55. The molecule has 0 saturated carbocycles. The number of ether oxygens (including phenoxy) is 1. The topological polar surface area (TPSA) is 63.9 Å². The lowest BCUT2D eigenvalue weighted by Gasteiger charge is -2.04. The quantitative estimate of drug-likeness (QED) is 0.872. The highest BCUT2D eigenvalue weighted by molar-refractivity contribution is 7.71. The van der Waals surface area contributed by atoms with Gasteiger partial charge in [-0.05, 0) is 31.0 Å². The van der Waals surface area contributed by atoms with Crippen molar-refractivity contribution < 1.29 is 9.15 Å². The van der Waals surface area contributed by atoms with Crippen LogP contribution in [0.5, 0.6) is 0 Å². The summed E-state index contributed by atoms with van der Waals surface area (Å²) in [5.74, 6) is 0.831. The lowest BCUT2D eigenvalue weighted by atomic mass is 10.1. The summed E-state index contributed by atoms with van der Waals surface area (Å²) in [6, 6.07) is 0. The Morgan fingerprint density at radius 1 is 1.47 bits per heavy atom. The zero-order chi connectivity index (χ0) is 13.4. The molecule has 3 heterocycles. The Balaban J connectivity index is 2.04. The van der Waals surface area contributed by atoms with E-state index in [1.807, 2.05) is 0 Å². The van der Waals surface area contributed by atoms with Gasteiger partial charge < -0.3 is 9.15 Å². The van der Waals surface area contributed by atoms with Crippen LogP contribution in [0.2, 0.25) is 0 Å². The molecule has 1 aliphatic rings. The fraction of sp³-hybridized carbons (Fsp3) is 0.583. The minimum Gasteiger partial charge on any atom is -0.408 e. The maximum atomic E-state index is 5.70. The third-order valence-corrected chi connectivity index (χ3v) is 4.38. The summed E-state index contributed by atoms with van der Waals surface area (Å²) >= 11 is 6.52. The number of rotatable bonds is 3. The predicted molar refractivity (Wildman–Crippen MR) is 74.8 cm³/mol. The highest BCUT2D eigenvalue weighted by atomic mass is 32.1. The van der Waals surface area contributed by atoms with Crippen molar-refractivity contribution >= 4 is 23.6 Å². The molecule has 19 heavy (non-hydrogen) atoms. The second kappa shape index (κ2) is 5.15. The Morgan fingerprint density at radius 3 is 2.89 bits per heavy atom. The Kier molecular flexibility index (Phi) is 3.51. The fourth-order valence-electron chi connectivity index (χ4n) is 2.13. The molecule has 7 heteroatoms. The molecule has 1 atom stereocenters. The zero-order valence-electron chi connectivity index (χ0n) is 10.8. The third kappa shape index (κ3) is 2.50. The molecule has 0 aromatic carbocycles. The van der Waals surface area contributed by atoms with Crippen molar-refractivity contribution in [2.45, 2.75) is 38.7 Å². The smallest absolute Gasteiger partial charge is 0.284 e. The standard InChI is InChI=1S/C12H15N3O2S2/c1-6(2)8-9(10-14-15-12(18)17-10)19-11(13-8)7-4-3-5-16-7/h6-7H,3-5H2,1-2H3,(H,15,18). The van der Waals surface area contributed by atoms with E-state index >= 15 is 0 Å². The third-order valence-electron chi connectivity index (χ3n) is 3.05. The van der Waals surface area contributed by atoms with Gasteiger partial charge in [-0.2, -0.15) is 0 Å². The van der Waals surface area contributed by atoms with E-state index in [1.165, 1.54) is 0 Å². The number of hydrogen-bond donors (Lipinski definition) is 1. The molecular formula is C12H15N3O2S2. The first-order valence-electron chi connectivity index (χ1n) is 6.33. The Bertz CT molecular complexity index is 623. The van der Waals surface area contributed by atoms with E-state index in [2.05, 4.69) is 24.0 Å². The molecule has 5 nitrogen and oxygen atoms in total. The van der Waals surface area contributed by atoms with Gasteiger partial charge in [0.05, 0.1) is 5.69 Å². The molecule has 0 amide bonds. The van der Waals surface area contributed by atoms with Crippen LogP contribution in [-0.2, 0) is 4.74 Å². The Morgan fingerprint density at radius 2 is 2.32 bits per heavy atom. The average molecular weight is 297 g/mol. The number of thiazole rings is 1. The van der Waals surface area contributed by atoms with Crippen LogP contribution < -0.4 is 0 Å². The molecule has 0 spiro atoms. The number of hydrogen-bond acceptors (Lipinski definition) is 6. The van der Waals surface area contributed by atoms with Gasteiger partial charge in [0.2, 0.25) is 0 Å². The van der Waals surface area contributed by atoms with Crippen LogP contribution in [0.15, 0.2) is 4.42 Å². The summed E-state index contributed by atoms with van der Waals surface area (Å²) < 4.78 is 11.1. The number of nitrogens with one attached hydrogen (secondary N) is 1. The summed E-state index contributed by atoms with van der Waals surface area (Å²) in [4.78, 5) is 5.96. The molecule has 1 fully saturated rings. The van der Waals surface area contributed by atoms with Gasteiger partial charge in [0.1, 0.15) is 16.0 Å². The first-order chi connectivity index (χ1) is 9.15. The molecule has 0 aliphatic carbocycles. The normalized spacial score (nSPS) is 19.4. The summed E-state index contributed by atoms with van der Waals surface area (Å²) in [7, 11) is 0. The molecule has 2 aromatic heterocycles. The molecule has 1 saturated heterocycles. The number of H-pyrrole nitrogens is 1. The maximum absolute atomic E-state index is 5.70. The van der Waals surface area contributed by atoms with E-state index in [-0.39, 0.29) is 10.9 Å². The van der Waals surface area contributed by atoms with E-state index in [0.717, 1.165) is 35.0 Å². The van der Waals surface area contributed by atoms with Gasteiger partial charge in [-0.1, -0.05) is 13.8 Å². The molecule has 1 aliphatic heterocycles. The summed E-state index contributed by atoms with van der Waals surface area (Å²) in [6.07, 6.45) is 2.26. The first kappa shape index (κ1) is 13.0. The maximum Gasteiger partial charge on any atom is 0.284 e. The van der Waals surface area contributed by atoms with E-state index in [0.29, 0.717) is 11.8 Å². The van der Waals surface area contributed by atoms with E-state index in [1.54, 1.807) is 11.3 Å². The summed E-state index contributed by atoms with van der Waals surface area (Å²) in [5, 5.41) is 7.77. The van der Waals surface area contributed by atoms with Crippen LogP contribution >= 0.6 is 23.6 Å². The largest absolute Gasteiger partial charge is 0.408 e. The average Bonchev–Trinajstić information content (AvgIpc) is 3.07. The van der Waals surface area contributed by atoms with Crippen molar-refractivity contribution in [2.24, 2.45) is 0 Å². The van der Waals surface area contributed by atoms with Gasteiger partial charge in [0, 0.05) is 6.61 Å². The highest BCUT2D eigenvalue weighted by Crippen LogP contribution is 2.39. The number of aromatic amines is 1. The van der Waals surface area contributed by atoms with E-state index < -0.39 is 0 Å². The second-order valence-corrected chi connectivity index (χ2v) is 6.24. The van der Waals surface area contributed by atoms with Gasteiger partial charge in [0.25, 0.3) is 10.7 Å². The second-order valence-electron chi connectivity index (χ2n) is 4.84. The van der Waals surface area contributed by atoms with Gasteiger partial charge in [-0.25, -0.2) is 10.1 Å². The van der Waals surface area contributed by atoms with Crippen LogP contribution in [-0.4, -0.2) is 21.8 Å². The lowest BCUT2D eigenvalue weighted by molar-refractivity contribution is 0.111. The molecule has 0 bridgehead atoms. The molecule has 1 unspecified atom stereocenters.